The van der Waals surface area contributed by atoms with E-state index in [9.17, 15) is 4.79 Å². The van der Waals surface area contributed by atoms with Crippen LogP contribution in [0, 0.1) is 0 Å². The molecule has 1 saturated heterocycles. The zero-order valence-corrected chi connectivity index (χ0v) is 11.5. The minimum absolute atomic E-state index is 0.203. The molecular formula is C12H13BrClNO2. The second-order valence-corrected chi connectivity index (χ2v) is 5.59. The van der Waals surface area contributed by atoms with Crippen LogP contribution in [0.15, 0.2) is 22.7 Å². The Morgan fingerprint density at radius 1 is 1.53 bits per heavy atom. The van der Waals surface area contributed by atoms with Crippen LogP contribution in [0.2, 0.25) is 5.02 Å². The normalized spacial score (nSPS) is 23.9. The first kappa shape index (κ1) is 12.9. The maximum absolute atomic E-state index is 10.8. The lowest BCUT2D eigenvalue weighted by Gasteiger charge is -2.13. The molecule has 1 heterocycles. The standard InChI is InChI=1S/C12H13BrClNO2/c13-8-2-1-7(10(14)6-8)5-9-3-4-11(15-9)12(16)17/h1-2,6,9,11,15H,3-5H2,(H,16,17). The van der Waals surface area contributed by atoms with Crippen LogP contribution >= 0.6 is 27.5 Å². The smallest absolute Gasteiger partial charge is 0.320 e. The molecule has 1 aromatic carbocycles. The molecule has 0 saturated carbocycles. The highest BCUT2D eigenvalue weighted by Gasteiger charge is 2.28. The van der Waals surface area contributed by atoms with Gasteiger partial charge in [-0.2, -0.15) is 0 Å². The van der Waals surface area contributed by atoms with Crippen molar-refractivity contribution in [1.82, 2.24) is 5.32 Å². The van der Waals surface area contributed by atoms with Gasteiger partial charge >= 0.3 is 5.97 Å². The molecule has 17 heavy (non-hydrogen) atoms. The largest absolute Gasteiger partial charge is 0.480 e. The molecule has 0 radical (unpaired) electrons. The van der Waals surface area contributed by atoms with Crippen LogP contribution in [-0.4, -0.2) is 23.2 Å². The molecule has 3 nitrogen and oxygen atoms in total. The predicted molar refractivity (Wildman–Crippen MR) is 70.4 cm³/mol. The summed E-state index contributed by atoms with van der Waals surface area (Å²) in [7, 11) is 0. The van der Waals surface area contributed by atoms with Crippen LogP contribution in [-0.2, 0) is 11.2 Å². The maximum Gasteiger partial charge on any atom is 0.320 e. The van der Waals surface area contributed by atoms with E-state index in [0.29, 0.717) is 6.42 Å². The van der Waals surface area contributed by atoms with E-state index in [1.54, 1.807) is 0 Å². The Morgan fingerprint density at radius 2 is 2.29 bits per heavy atom. The summed E-state index contributed by atoms with van der Waals surface area (Å²) in [5.74, 6) is -0.769. The molecule has 0 aromatic heterocycles. The fraction of sp³-hybridized carbons (Fsp3) is 0.417. The van der Waals surface area contributed by atoms with Gasteiger partial charge in [0.2, 0.25) is 0 Å². The number of benzene rings is 1. The van der Waals surface area contributed by atoms with Crippen molar-refractivity contribution in [3.05, 3.63) is 33.3 Å². The summed E-state index contributed by atoms with van der Waals surface area (Å²) in [4.78, 5) is 10.8. The van der Waals surface area contributed by atoms with E-state index in [0.717, 1.165) is 27.9 Å². The first-order chi connectivity index (χ1) is 8.06. The fourth-order valence-electron chi connectivity index (χ4n) is 2.13. The molecule has 1 fully saturated rings. The molecule has 2 atom stereocenters. The molecule has 0 bridgehead atoms. The van der Waals surface area contributed by atoms with Crippen molar-refractivity contribution >= 4 is 33.5 Å². The maximum atomic E-state index is 10.8. The van der Waals surface area contributed by atoms with E-state index in [2.05, 4.69) is 21.2 Å². The highest BCUT2D eigenvalue weighted by Crippen LogP contribution is 2.25. The van der Waals surface area contributed by atoms with Gasteiger partial charge < -0.3 is 10.4 Å². The molecule has 0 amide bonds. The van der Waals surface area contributed by atoms with Crippen LogP contribution in [0.25, 0.3) is 0 Å². The number of halogens is 2. The molecule has 1 aliphatic rings. The predicted octanol–water partition coefficient (Wildman–Crippen LogP) is 2.85. The average Bonchev–Trinajstić information content (AvgIpc) is 2.71. The molecule has 2 N–H and O–H groups in total. The van der Waals surface area contributed by atoms with Crippen molar-refractivity contribution in [1.29, 1.82) is 0 Å². The van der Waals surface area contributed by atoms with Gasteiger partial charge in [-0.15, -0.1) is 0 Å². The van der Waals surface area contributed by atoms with E-state index in [-0.39, 0.29) is 6.04 Å². The number of hydrogen-bond acceptors (Lipinski definition) is 2. The quantitative estimate of drug-likeness (QED) is 0.901. The number of nitrogens with one attached hydrogen (secondary N) is 1. The zero-order chi connectivity index (χ0) is 12.4. The molecule has 92 valence electrons. The van der Waals surface area contributed by atoms with Gasteiger partial charge in [0.05, 0.1) is 0 Å². The molecule has 2 rings (SSSR count). The van der Waals surface area contributed by atoms with Gasteiger partial charge in [0, 0.05) is 15.5 Å². The minimum Gasteiger partial charge on any atom is -0.480 e. The zero-order valence-electron chi connectivity index (χ0n) is 9.12. The van der Waals surface area contributed by atoms with Crippen molar-refractivity contribution in [3.63, 3.8) is 0 Å². The van der Waals surface area contributed by atoms with Gasteiger partial charge in [-0.25, -0.2) is 0 Å². The second kappa shape index (κ2) is 5.38. The summed E-state index contributed by atoms with van der Waals surface area (Å²) in [6.07, 6.45) is 2.34. The Hall–Kier alpha value is -0.580. The van der Waals surface area contributed by atoms with E-state index in [1.165, 1.54) is 0 Å². The van der Waals surface area contributed by atoms with Crippen molar-refractivity contribution in [2.24, 2.45) is 0 Å². The van der Waals surface area contributed by atoms with E-state index < -0.39 is 12.0 Å². The van der Waals surface area contributed by atoms with Gasteiger partial charge in [-0.05, 0) is 37.0 Å². The number of carboxylic acid groups (broad SMARTS) is 1. The SMILES string of the molecule is O=C(O)C1CCC(Cc2ccc(Br)cc2Cl)N1. The van der Waals surface area contributed by atoms with Gasteiger partial charge in [0.15, 0.2) is 0 Å². The Kier molecular flexibility index (Phi) is 4.07. The number of hydrogen-bond donors (Lipinski definition) is 2. The van der Waals surface area contributed by atoms with Crippen molar-refractivity contribution < 1.29 is 9.90 Å². The van der Waals surface area contributed by atoms with Gasteiger partial charge in [-0.1, -0.05) is 33.6 Å². The van der Waals surface area contributed by atoms with Gasteiger partial charge in [-0.3, -0.25) is 4.79 Å². The Labute approximate surface area is 113 Å². The molecule has 2 unspecified atom stereocenters. The molecule has 5 heteroatoms. The van der Waals surface area contributed by atoms with Crippen molar-refractivity contribution in [2.45, 2.75) is 31.3 Å². The summed E-state index contributed by atoms with van der Waals surface area (Å²) in [5, 5.41) is 12.7. The third-order valence-corrected chi connectivity index (χ3v) is 3.87. The minimum atomic E-state index is -0.769. The van der Waals surface area contributed by atoms with Crippen LogP contribution in [0.5, 0.6) is 0 Å². The number of carbonyl (C=O) groups is 1. The van der Waals surface area contributed by atoms with Crippen LogP contribution in [0.4, 0.5) is 0 Å². The first-order valence-electron chi connectivity index (χ1n) is 5.49. The van der Waals surface area contributed by atoms with Gasteiger partial charge in [0.1, 0.15) is 6.04 Å². The van der Waals surface area contributed by atoms with E-state index in [4.69, 9.17) is 16.7 Å². The summed E-state index contributed by atoms with van der Waals surface area (Å²) in [5.41, 5.74) is 1.05. The molecule has 0 aliphatic carbocycles. The Balaban J connectivity index is 2.00. The Bertz CT molecular complexity index is 439. The second-order valence-electron chi connectivity index (χ2n) is 4.27. The van der Waals surface area contributed by atoms with Crippen LogP contribution in [0.1, 0.15) is 18.4 Å². The third kappa shape index (κ3) is 3.21. The first-order valence-corrected chi connectivity index (χ1v) is 6.66. The number of rotatable bonds is 3. The highest BCUT2D eigenvalue weighted by atomic mass is 79.9. The molecule has 0 spiro atoms. The van der Waals surface area contributed by atoms with Crippen LogP contribution < -0.4 is 5.32 Å². The monoisotopic (exact) mass is 317 g/mol. The lowest BCUT2D eigenvalue weighted by atomic mass is 10.0. The molecule has 1 aliphatic heterocycles. The summed E-state index contributed by atoms with van der Waals surface area (Å²) in [6, 6.07) is 5.58. The number of aliphatic carboxylic acids is 1. The fourth-order valence-corrected chi connectivity index (χ4v) is 2.88. The number of carboxylic acids is 1. The topological polar surface area (TPSA) is 49.3 Å². The van der Waals surface area contributed by atoms with Gasteiger partial charge in [0.25, 0.3) is 0 Å². The summed E-state index contributed by atoms with van der Waals surface area (Å²) >= 11 is 9.49. The van der Waals surface area contributed by atoms with Crippen molar-refractivity contribution in [3.8, 4) is 0 Å². The lowest BCUT2D eigenvalue weighted by molar-refractivity contribution is -0.139. The lowest BCUT2D eigenvalue weighted by Crippen LogP contribution is -2.36. The van der Waals surface area contributed by atoms with Crippen LogP contribution in [0.3, 0.4) is 0 Å². The molecular weight excluding hydrogens is 305 g/mol. The Morgan fingerprint density at radius 3 is 2.88 bits per heavy atom. The third-order valence-electron chi connectivity index (χ3n) is 3.02. The van der Waals surface area contributed by atoms with E-state index in [1.807, 2.05) is 18.2 Å². The van der Waals surface area contributed by atoms with Crippen molar-refractivity contribution in [2.75, 3.05) is 0 Å². The molecule has 1 aromatic rings. The summed E-state index contributed by atoms with van der Waals surface area (Å²) in [6.45, 7) is 0. The highest BCUT2D eigenvalue weighted by molar-refractivity contribution is 9.10. The van der Waals surface area contributed by atoms with E-state index >= 15 is 0 Å². The summed E-state index contributed by atoms with van der Waals surface area (Å²) < 4.78 is 0.953. The average molecular weight is 319 g/mol.